The summed E-state index contributed by atoms with van der Waals surface area (Å²) < 4.78 is 15.2. The van der Waals surface area contributed by atoms with E-state index in [0.29, 0.717) is 17.1 Å². The molecular weight excluding hydrogens is 278 g/mol. The Morgan fingerprint density at radius 3 is 2.76 bits per heavy atom. The van der Waals surface area contributed by atoms with Gasteiger partial charge in [0, 0.05) is 12.1 Å². The first-order chi connectivity index (χ1) is 10.2. The molecule has 112 valence electrons. The third-order valence-corrected chi connectivity index (χ3v) is 2.66. The van der Waals surface area contributed by atoms with E-state index in [1.54, 1.807) is 18.2 Å². The lowest BCUT2D eigenvalue weighted by atomic mass is 10.2. The molecule has 0 saturated heterocycles. The highest BCUT2D eigenvalue weighted by atomic mass is 16.5. The number of aromatic nitrogens is 2. The van der Waals surface area contributed by atoms with Crippen molar-refractivity contribution in [2.75, 3.05) is 27.4 Å². The second kappa shape index (κ2) is 6.71. The summed E-state index contributed by atoms with van der Waals surface area (Å²) in [6, 6.07) is 5.11. The van der Waals surface area contributed by atoms with Gasteiger partial charge in [0.05, 0.1) is 20.8 Å². The molecule has 0 aliphatic carbocycles. The van der Waals surface area contributed by atoms with Crippen LogP contribution in [0.1, 0.15) is 10.7 Å². The number of nitrogens with zero attached hydrogens (tertiary/aromatic N) is 2. The van der Waals surface area contributed by atoms with E-state index < -0.39 is 5.91 Å². The number of hydrogen-bond acceptors (Lipinski definition) is 7. The van der Waals surface area contributed by atoms with E-state index in [-0.39, 0.29) is 24.9 Å². The summed E-state index contributed by atoms with van der Waals surface area (Å²) in [5, 5.41) is 14.8. The number of hydrogen-bond donors (Lipinski definition) is 2. The zero-order valence-electron chi connectivity index (χ0n) is 11.6. The average Bonchev–Trinajstić information content (AvgIpc) is 3.01. The summed E-state index contributed by atoms with van der Waals surface area (Å²) in [5.74, 6) is 0.637. The molecule has 0 unspecified atom stereocenters. The maximum atomic E-state index is 11.6. The van der Waals surface area contributed by atoms with Gasteiger partial charge < -0.3 is 24.4 Å². The molecule has 1 aromatic heterocycles. The highest BCUT2D eigenvalue weighted by Gasteiger charge is 2.16. The van der Waals surface area contributed by atoms with Crippen molar-refractivity contribution in [2.45, 2.75) is 0 Å². The van der Waals surface area contributed by atoms with Gasteiger partial charge in [0.2, 0.25) is 5.82 Å². The summed E-state index contributed by atoms with van der Waals surface area (Å²) in [5.41, 5.74) is 0.623. The SMILES string of the molecule is COc1ccc(-c2noc(C(=O)NCCO)n2)cc1OC. The quantitative estimate of drug-likeness (QED) is 0.797. The highest BCUT2D eigenvalue weighted by Crippen LogP contribution is 2.31. The molecule has 0 bridgehead atoms. The maximum Gasteiger partial charge on any atom is 0.316 e. The Morgan fingerprint density at radius 2 is 2.10 bits per heavy atom. The van der Waals surface area contributed by atoms with Crippen LogP contribution in [0.25, 0.3) is 11.4 Å². The van der Waals surface area contributed by atoms with Crippen LogP contribution in [-0.4, -0.2) is 48.5 Å². The van der Waals surface area contributed by atoms with Gasteiger partial charge in [0.1, 0.15) is 0 Å². The fourth-order valence-corrected chi connectivity index (χ4v) is 1.65. The van der Waals surface area contributed by atoms with Crippen molar-refractivity contribution in [3.63, 3.8) is 0 Å². The average molecular weight is 293 g/mol. The number of ether oxygens (including phenoxy) is 2. The number of rotatable bonds is 6. The molecule has 0 fully saturated rings. The smallest absolute Gasteiger partial charge is 0.316 e. The van der Waals surface area contributed by atoms with Crippen molar-refractivity contribution < 1.29 is 23.9 Å². The van der Waals surface area contributed by atoms with Gasteiger partial charge in [-0.15, -0.1) is 0 Å². The van der Waals surface area contributed by atoms with Gasteiger partial charge in [0.25, 0.3) is 0 Å². The van der Waals surface area contributed by atoms with Crippen LogP contribution in [0.4, 0.5) is 0 Å². The lowest BCUT2D eigenvalue weighted by molar-refractivity contribution is 0.0901. The minimum Gasteiger partial charge on any atom is -0.493 e. The fourth-order valence-electron chi connectivity index (χ4n) is 1.65. The summed E-state index contributed by atoms with van der Waals surface area (Å²) >= 11 is 0. The molecule has 0 spiro atoms. The number of methoxy groups -OCH3 is 2. The van der Waals surface area contributed by atoms with E-state index in [2.05, 4.69) is 15.5 Å². The molecule has 2 aromatic rings. The summed E-state index contributed by atoms with van der Waals surface area (Å²) in [6.45, 7) is -0.0463. The Morgan fingerprint density at radius 1 is 1.33 bits per heavy atom. The number of carbonyl (C=O) groups is 1. The number of amides is 1. The Kier molecular flexibility index (Phi) is 4.72. The number of aliphatic hydroxyl groups excluding tert-OH is 1. The normalized spacial score (nSPS) is 10.2. The third kappa shape index (κ3) is 3.29. The van der Waals surface area contributed by atoms with Crippen molar-refractivity contribution in [2.24, 2.45) is 0 Å². The minimum atomic E-state index is -0.539. The maximum absolute atomic E-state index is 11.6. The van der Waals surface area contributed by atoms with Crippen LogP contribution in [0.3, 0.4) is 0 Å². The van der Waals surface area contributed by atoms with E-state index in [1.165, 1.54) is 14.2 Å². The second-order valence-electron chi connectivity index (χ2n) is 3.97. The van der Waals surface area contributed by atoms with Gasteiger partial charge in [-0.3, -0.25) is 4.79 Å². The number of benzene rings is 1. The predicted molar refractivity (Wildman–Crippen MR) is 72.3 cm³/mol. The van der Waals surface area contributed by atoms with E-state index in [9.17, 15) is 4.79 Å². The zero-order valence-corrected chi connectivity index (χ0v) is 11.6. The molecule has 0 radical (unpaired) electrons. The van der Waals surface area contributed by atoms with Gasteiger partial charge in [-0.25, -0.2) is 0 Å². The monoisotopic (exact) mass is 293 g/mol. The summed E-state index contributed by atoms with van der Waals surface area (Å²) in [4.78, 5) is 15.6. The number of nitrogens with one attached hydrogen (secondary N) is 1. The van der Waals surface area contributed by atoms with Crippen molar-refractivity contribution in [1.82, 2.24) is 15.5 Å². The van der Waals surface area contributed by atoms with Crippen LogP contribution in [0, 0.1) is 0 Å². The van der Waals surface area contributed by atoms with Crippen LogP contribution in [0.15, 0.2) is 22.7 Å². The molecular formula is C13H15N3O5. The zero-order chi connectivity index (χ0) is 15.2. The topological polar surface area (TPSA) is 107 Å². The molecule has 8 heteroatoms. The number of carbonyl (C=O) groups excluding carboxylic acids is 1. The van der Waals surface area contributed by atoms with Gasteiger partial charge >= 0.3 is 11.8 Å². The van der Waals surface area contributed by atoms with Crippen molar-refractivity contribution in [1.29, 1.82) is 0 Å². The highest BCUT2D eigenvalue weighted by molar-refractivity contribution is 5.89. The van der Waals surface area contributed by atoms with Crippen LogP contribution >= 0.6 is 0 Å². The van der Waals surface area contributed by atoms with E-state index in [4.69, 9.17) is 19.1 Å². The minimum absolute atomic E-state index is 0.118. The van der Waals surface area contributed by atoms with Gasteiger partial charge in [-0.2, -0.15) is 4.98 Å². The van der Waals surface area contributed by atoms with Crippen molar-refractivity contribution in [3.8, 4) is 22.9 Å². The Labute approximate surface area is 120 Å². The van der Waals surface area contributed by atoms with Gasteiger partial charge in [-0.05, 0) is 18.2 Å². The standard InChI is InChI=1S/C13H15N3O5/c1-19-9-4-3-8(7-10(9)20-2)11-15-13(21-16-11)12(18)14-5-6-17/h3-4,7,17H,5-6H2,1-2H3,(H,14,18). The van der Waals surface area contributed by atoms with Crippen LogP contribution in [-0.2, 0) is 0 Å². The van der Waals surface area contributed by atoms with Crippen molar-refractivity contribution >= 4 is 5.91 Å². The first kappa shape index (κ1) is 14.8. The van der Waals surface area contributed by atoms with Gasteiger partial charge in [-0.1, -0.05) is 5.16 Å². The first-order valence-electron chi connectivity index (χ1n) is 6.14. The van der Waals surface area contributed by atoms with E-state index in [0.717, 1.165) is 0 Å². The Hall–Kier alpha value is -2.61. The lowest BCUT2D eigenvalue weighted by Crippen LogP contribution is -2.26. The van der Waals surface area contributed by atoms with Crippen LogP contribution in [0.2, 0.25) is 0 Å². The fraction of sp³-hybridized carbons (Fsp3) is 0.308. The Balaban J connectivity index is 2.23. The molecule has 0 aliphatic heterocycles. The predicted octanol–water partition coefficient (Wildman–Crippen LogP) is 0.476. The lowest BCUT2D eigenvalue weighted by Gasteiger charge is -2.07. The largest absolute Gasteiger partial charge is 0.493 e. The molecule has 2 N–H and O–H groups in total. The molecule has 1 aromatic carbocycles. The molecule has 1 heterocycles. The first-order valence-corrected chi connectivity index (χ1v) is 6.14. The Bertz CT molecular complexity index is 626. The van der Waals surface area contributed by atoms with E-state index in [1.807, 2.05) is 0 Å². The van der Waals surface area contributed by atoms with Crippen LogP contribution in [0.5, 0.6) is 11.5 Å². The molecule has 2 rings (SSSR count). The molecule has 8 nitrogen and oxygen atoms in total. The molecule has 0 atom stereocenters. The third-order valence-electron chi connectivity index (χ3n) is 2.66. The summed E-state index contributed by atoms with van der Waals surface area (Å²) in [6.07, 6.45) is 0. The second-order valence-corrected chi connectivity index (χ2v) is 3.97. The van der Waals surface area contributed by atoms with Crippen LogP contribution < -0.4 is 14.8 Å². The molecule has 21 heavy (non-hydrogen) atoms. The summed E-state index contributed by atoms with van der Waals surface area (Å²) in [7, 11) is 3.06. The number of aliphatic hydroxyl groups is 1. The molecule has 0 saturated carbocycles. The molecule has 1 amide bonds. The molecule has 0 aliphatic rings. The van der Waals surface area contributed by atoms with Crippen molar-refractivity contribution in [3.05, 3.63) is 24.1 Å². The van der Waals surface area contributed by atoms with E-state index >= 15 is 0 Å². The van der Waals surface area contributed by atoms with Gasteiger partial charge in [0.15, 0.2) is 11.5 Å².